The molecule has 2 amide bonds. The molecule has 1 aromatic heterocycles. The fourth-order valence-corrected chi connectivity index (χ4v) is 4.92. The van der Waals surface area contributed by atoms with E-state index in [4.69, 9.17) is 14.6 Å². The molecule has 0 saturated heterocycles. The molecule has 1 aliphatic heterocycles. The topological polar surface area (TPSA) is 121 Å². The van der Waals surface area contributed by atoms with E-state index in [1.54, 1.807) is 7.11 Å². The van der Waals surface area contributed by atoms with E-state index in [1.807, 2.05) is 0 Å². The number of methoxy groups -OCH3 is 1. The van der Waals surface area contributed by atoms with Crippen molar-refractivity contribution in [3.05, 3.63) is 34.5 Å². The number of nitrogens with two attached hydrogens (primary N) is 1. The second kappa shape index (κ2) is 6.29. The summed E-state index contributed by atoms with van der Waals surface area (Å²) >= 11 is 0. The maximum absolute atomic E-state index is 13.0. The van der Waals surface area contributed by atoms with Crippen LogP contribution in [0.2, 0.25) is 0 Å². The Morgan fingerprint density at radius 2 is 2.07 bits per heavy atom. The number of ether oxygens (including phenoxy) is 2. The van der Waals surface area contributed by atoms with Crippen LogP contribution in [0.15, 0.2) is 21.5 Å². The Kier molecular flexibility index (Phi) is 3.97. The Morgan fingerprint density at radius 3 is 2.68 bits per heavy atom. The molecule has 5 rings (SSSR count). The highest BCUT2D eigenvalue weighted by molar-refractivity contribution is 7.91. The van der Waals surface area contributed by atoms with Gasteiger partial charge in [-0.15, -0.1) is 4.36 Å². The number of benzene rings is 1. The Balaban J connectivity index is 1.43. The number of aromatic nitrogens is 2. The quantitative estimate of drug-likeness (QED) is 0.803. The molecule has 2 atom stereocenters. The second-order valence-corrected chi connectivity index (χ2v) is 9.04. The smallest absolute Gasteiger partial charge is 0.354 e. The predicted molar refractivity (Wildman–Crippen MR) is 102 cm³/mol. The fourth-order valence-electron chi connectivity index (χ4n) is 3.92. The van der Waals surface area contributed by atoms with Crippen LogP contribution in [0.1, 0.15) is 22.3 Å². The van der Waals surface area contributed by atoms with E-state index in [0.29, 0.717) is 13.2 Å². The molecule has 9 nitrogen and oxygen atoms in total. The molecule has 2 aliphatic carbocycles. The molecule has 28 heavy (non-hydrogen) atoms. The van der Waals surface area contributed by atoms with Gasteiger partial charge in [-0.25, -0.2) is 18.8 Å². The van der Waals surface area contributed by atoms with E-state index in [0.717, 1.165) is 42.5 Å². The van der Waals surface area contributed by atoms with Gasteiger partial charge in [0.05, 0.1) is 12.7 Å². The molecule has 0 spiro atoms. The maximum Gasteiger partial charge on any atom is 0.354 e. The highest BCUT2D eigenvalue weighted by Gasteiger charge is 2.30. The molecule has 3 aliphatic rings. The third kappa shape index (κ3) is 2.71. The van der Waals surface area contributed by atoms with Gasteiger partial charge in [-0.2, -0.15) is 5.10 Å². The maximum atomic E-state index is 13.0. The SMILES string of the molecule is COC1COc2c(S(N)(=O)=NC(=O)Nc3c4c(cc5c3CC5)CC4)cnn2C1. The first kappa shape index (κ1) is 17.7. The number of amides is 2. The minimum absolute atomic E-state index is 0.117. The van der Waals surface area contributed by atoms with Gasteiger partial charge in [0.25, 0.3) is 0 Å². The van der Waals surface area contributed by atoms with Gasteiger partial charge in [-0.3, -0.25) is 0 Å². The van der Waals surface area contributed by atoms with Crippen LogP contribution in [-0.2, 0) is 46.9 Å². The summed E-state index contributed by atoms with van der Waals surface area (Å²) in [5, 5.41) is 12.9. The molecule has 0 radical (unpaired) electrons. The van der Waals surface area contributed by atoms with Gasteiger partial charge >= 0.3 is 6.03 Å². The van der Waals surface area contributed by atoms with E-state index in [1.165, 1.54) is 22.0 Å². The average Bonchev–Trinajstić information content (AvgIpc) is 3.02. The highest BCUT2D eigenvalue weighted by atomic mass is 32.2. The normalized spacial score (nSPS) is 21.0. The molecule has 0 saturated carbocycles. The number of carbonyl (C=O) groups is 1. The minimum Gasteiger partial charge on any atom is -0.474 e. The summed E-state index contributed by atoms with van der Waals surface area (Å²) in [6, 6.07) is 1.51. The van der Waals surface area contributed by atoms with Crippen LogP contribution >= 0.6 is 0 Å². The van der Waals surface area contributed by atoms with Crippen molar-refractivity contribution >= 4 is 21.6 Å². The van der Waals surface area contributed by atoms with Crippen molar-refractivity contribution in [3.8, 4) is 5.88 Å². The number of fused-ring (bicyclic) bond motifs is 3. The number of aryl methyl sites for hydroxylation is 2. The summed E-state index contributed by atoms with van der Waals surface area (Å²) in [4.78, 5) is 12.7. The third-order valence-electron chi connectivity index (χ3n) is 5.66. The zero-order chi connectivity index (χ0) is 19.5. The lowest BCUT2D eigenvalue weighted by atomic mass is 9.76. The van der Waals surface area contributed by atoms with Crippen molar-refractivity contribution in [3.63, 3.8) is 0 Å². The summed E-state index contributed by atoms with van der Waals surface area (Å²) in [6.45, 7) is 0.745. The van der Waals surface area contributed by atoms with Gasteiger partial charge in [0.2, 0.25) is 5.88 Å². The van der Waals surface area contributed by atoms with Crippen LogP contribution in [0, 0.1) is 0 Å². The molecule has 2 aromatic rings. The number of nitrogens with one attached hydrogen (secondary N) is 1. The number of carbonyl (C=O) groups excluding carboxylic acids is 1. The Bertz CT molecular complexity index is 1090. The lowest BCUT2D eigenvalue weighted by Gasteiger charge is -2.31. The van der Waals surface area contributed by atoms with Crippen molar-refractivity contribution in [2.45, 2.75) is 43.2 Å². The van der Waals surface area contributed by atoms with Crippen LogP contribution in [0.3, 0.4) is 0 Å². The predicted octanol–water partition coefficient (Wildman–Crippen LogP) is 1.42. The zero-order valence-corrected chi connectivity index (χ0v) is 16.3. The first-order valence-corrected chi connectivity index (χ1v) is 10.8. The molecule has 1 aromatic carbocycles. The van der Waals surface area contributed by atoms with Crippen molar-refractivity contribution in [1.29, 1.82) is 0 Å². The summed E-state index contributed by atoms with van der Waals surface area (Å²) in [5.74, 6) is 0.269. The first-order chi connectivity index (χ1) is 13.5. The van der Waals surface area contributed by atoms with E-state index in [2.05, 4.69) is 20.8 Å². The van der Waals surface area contributed by atoms with Gasteiger partial charge in [0.1, 0.15) is 17.6 Å². The molecule has 2 unspecified atom stereocenters. The molecule has 3 N–H and O–H groups in total. The minimum atomic E-state index is -3.50. The fraction of sp³-hybridized carbons (Fsp3) is 0.444. The van der Waals surface area contributed by atoms with Gasteiger partial charge in [0, 0.05) is 12.8 Å². The summed E-state index contributed by atoms with van der Waals surface area (Å²) in [6.07, 6.45) is 5.11. The molecule has 10 heteroatoms. The Labute approximate surface area is 162 Å². The summed E-state index contributed by atoms with van der Waals surface area (Å²) in [5.41, 5.74) is 5.68. The van der Waals surface area contributed by atoms with Crippen LogP contribution in [-0.4, -0.2) is 39.8 Å². The van der Waals surface area contributed by atoms with E-state index in [-0.39, 0.29) is 16.9 Å². The van der Waals surface area contributed by atoms with Crippen LogP contribution in [0.25, 0.3) is 0 Å². The Hall–Kier alpha value is -2.43. The number of hydrogen-bond acceptors (Lipinski definition) is 5. The van der Waals surface area contributed by atoms with Crippen LogP contribution in [0.4, 0.5) is 10.5 Å². The van der Waals surface area contributed by atoms with E-state index < -0.39 is 15.9 Å². The summed E-state index contributed by atoms with van der Waals surface area (Å²) < 4.78 is 29.1. The number of nitrogens with zero attached hydrogens (tertiary/aromatic N) is 3. The lowest BCUT2D eigenvalue weighted by Crippen LogP contribution is -2.32. The summed E-state index contributed by atoms with van der Waals surface area (Å²) in [7, 11) is -1.91. The third-order valence-corrected chi connectivity index (χ3v) is 7.00. The molecule has 148 valence electrons. The highest BCUT2D eigenvalue weighted by Crippen LogP contribution is 2.40. The van der Waals surface area contributed by atoms with Crippen molar-refractivity contribution in [2.75, 3.05) is 19.0 Å². The number of rotatable bonds is 3. The zero-order valence-electron chi connectivity index (χ0n) is 15.4. The standard InChI is InChI=1S/C18H21N5O4S/c1-26-12-8-23-17(27-9-12)15(7-20-23)28(19,25)22-18(24)21-16-13-4-2-10(13)6-11-3-5-14(11)16/h6-7,12H,2-5,8-9H2,1H3,(H3,19,21,22,24,25). The number of hydrogen-bond donors (Lipinski definition) is 2. The van der Waals surface area contributed by atoms with E-state index >= 15 is 0 Å². The number of urea groups is 1. The first-order valence-electron chi connectivity index (χ1n) is 9.20. The van der Waals surface area contributed by atoms with Gasteiger partial charge in [-0.1, -0.05) is 6.07 Å². The van der Waals surface area contributed by atoms with Gasteiger partial charge < -0.3 is 14.8 Å². The Morgan fingerprint density at radius 1 is 1.36 bits per heavy atom. The van der Waals surface area contributed by atoms with Crippen molar-refractivity contribution < 1.29 is 18.5 Å². The van der Waals surface area contributed by atoms with Crippen molar-refractivity contribution in [2.24, 2.45) is 9.50 Å². The molecule has 0 bridgehead atoms. The van der Waals surface area contributed by atoms with Gasteiger partial charge in [-0.05, 0) is 47.9 Å². The monoisotopic (exact) mass is 403 g/mol. The van der Waals surface area contributed by atoms with Gasteiger partial charge in [0.15, 0.2) is 9.92 Å². The average molecular weight is 403 g/mol. The molecule has 0 fully saturated rings. The largest absolute Gasteiger partial charge is 0.474 e. The molecular weight excluding hydrogens is 382 g/mol. The lowest BCUT2D eigenvalue weighted by molar-refractivity contribution is 0.0165. The van der Waals surface area contributed by atoms with Crippen LogP contribution in [0.5, 0.6) is 5.88 Å². The number of anilines is 1. The molecule has 2 heterocycles. The molecular formula is C18H21N5O4S. The van der Waals surface area contributed by atoms with E-state index in [9.17, 15) is 9.00 Å². The van der Waals surface area contributed by atoms with Crippen LogP contribution < -0.4 is 15.2 Å². The second-order valence-electron chi connectivity index (χ2n) is 7.28. The van der Waals surface area contributed by atoms with Crippen molar-refractivity contribution in [1.82, 2.24) is 9.78 Å².